The number of esters is 3. The van der Waals surface area contributed by atoms with Gasteiger partial charge in [-0.1, -0.05) is 221 Å². The highest BCUT2D eigenvalue weighted by Crippen LogP contribution is 2.13. The SMILES string of the molecule is CC/C=C\C/C=C\C/C=C\C/C=C\C/C=C\CC(=O)OC(COC(=O)CCCCCCCCC)COC(=O)CCCCCCCCCC/C=C\C/C=C\C/C=C\CCCCCCC. The van der Waals surface area contributed by atoms with E-state index in [4.69, 9.17) is 14.2 Å². The molecule has 1 unspecified atom stereocenters. The first-order chi connectivity index (χ1) is 31.0. The second-order valence-electron chi connectivity index (χ2n) is 16.7. The van der Waals surface area contributed by atoms with E-state index in [1.54, 1.807) is 6.08 Å². The zero-order chi connectivity index (χ0) is 45.8. The predicted octanol–water partition coefficient (Wildman–Crippen LogP) is 17.0. The van der Waals surface area contributed by atoms with Gasteiger partial charge in [-0.3, -0.25) is 14.4 Å². The number of allylic oxidation sites excluding steroid dienone is 15. The van der Waals surface area contributed by atoms with Crippen LogP contribution in [0.25, 0.3) is 0 Å². The van der Waals surface area contributed by atoms with Crippen molar-refractivity contribution in [2.75, 3.05) is 13.2 Å². The third kappa shape index (κ3) is 49.2. The number of unbranched alkanes of at least 4 members (excludes halogenated alkanes) is 19. The molecule has 0 aromatic rings. The Kier molecular flexibility index (Phi) is 48.0. The second-order valence-corrected chi connectivity index (χ2v) is 16.7. The van der Waals surface area contributed by atoms with Gasteiger partial charge in [0.2, 0.25) is 0 Å². The number of hydrogen-bond acceptors (Lipinski definition) is 6. The minimum Gasteiger partial charge on any atom is -0.462 e. The summed E-state index contributed by atoms with van der Waals surface area (Å²) >= 11 is 0. The van der Waals surface area contributed by atoms with Crippen LogP contribution in [-0.4, -0.2) is 37.2 Å². The number of carbonyl (C=O) groups excluding carboxylic acids is 3. The number of rotatable bonds is 45. The minimum atomic E-state index is -0.832. The summed E-state index contributed by atoms with van der Waals surface area (Å²) in [6, 6.07) is 0. The molecule has 0 radical (unpaired) electrons. The largest absolute Gasteiger partial charge is 0.462 e. The van der Waals surface area contributed by atoms with Crippen molar-refractivity contribution < 1.29 is 28.6 Å². The van der Waals surface area contributed by atoms with Crippen LogP contribution in [0.15, 0.2) is 97.2 Å². The van der Waals surface area contributed by atoms with Gasteiger partial charge in [0.25, 0.3) is 0 Å². The average molecular weight is 875 g/mol. The summed E-state index contributed by atoms with van der Waals surface area (Å²) in [6.07, 6.45) is 67.2. The third-order valence-electron chi connectivity index (χ3n) is 10.6. The van der Waals surface area contributed by atoms with E-state index < -0.39 is 12.1 Å². The Morgan fingerprint density at radius 1 is 0.349 bits per heavy atom. The molecule has 0 N–H and O–H groups in total. The molecule has 1 atom stereocenters. The zero-order valence-electron chi connectivity index (χ0n) is 40.8. The summed E-state index contributed by atoms with van der Waals surface area (Å²) in [6.45, 7) is 6.36. The lowest BCUT2D eigenvalue weighted by molar-refractivity contribution is -0.166. The molecule has 6 heteroatoms. The highest BCUT2D eigenvalue weighted by molar-refractivity contribution is 5.72. The normalized spacial score (nSPS) is 12.9. The van der Waals surface area contributed by atoms with Gasteiger partial charge in [-0.05, 0) is 83.5 Å². The van der Waals surface area contributed by atoms with Crippen molar-refractivity contribution in [3.05, 3.63) is 97.2 Å². The first-order valence-corrected chi connectivity index (χ1v) is 25.7. The molecule has 0 fully saturated rings. The summed E-state index contributed by atoms with van der Waals surface area (Å²) in [5.74, 6) is -1.07. The molecule has 0 saturated heterocycles. The van der Waals surface area contributed by atoms with Gasteiger partial charge >= 0.3 is 17.9 Å². The summed E-state index contributed by atoms with van der Waals surface area (Å²) in [5.41, 5.74) is 0. The Balaban J connectivity index is 4.34. The van der Waals surface area contributed by atoms with E-state index in [9.17, 15) is 14.4 Å². The fourth-order valence-corrected chi connectivity index (χ4v) is 6.76. The molecule has 358 valence electrons. The fourth-order valence-electron chi connectivity index (χ4n) is 6.76. The van der Waals surface area contributed by atoms with Gasteiger partial charge in [0.05, 0.1) is 6.42 Å². The molecule has 0 bridgehead atoms. The van der Waals surface area contributed by atoms with Gasteiger partial charge in [0, 0.05) is 12.8 Å². The third-order valence-corrected chi connectivity index (χ3v) is 10.6. The molecule has 0 aliphatic carbocycles. The molecule has 0 aliphatic rings. The van der Waals surface area contributed by atoms with Crippen molar-refractivity contribution in [3.8, 4) is 0 Å². The van der Waals surface area contributed by atoms with Crippen molar-refractivity contribution in [1.29, 1.82) is 0 Å². The molecule has 6 nitrogen and oxygen atoms in total. The van der Waals surface area contributed by atoms with E-state index in [0.29, 0.717) is 12.8 Å². The highest BCUT2D eigenvalue weighted by Gasteiger charge is 2.19. The summed E-state index contributed by atoms with van der Waals surface area (Å²) in [4.78, 5) is 37.7. The van der Waals surface area contributed by atoms with Crippen LogP contribution in [0, 0.1) is 0 Å². The van der Waals surface area contributed by atoms with E-state index in [-0.39, 0.29) is 31.6 Å². The molecular formula is C57H94O6. The molecule has 0 amide bonds. The zero-order valence-corrected chi connectivity index (χ0v) is 40.8. The van der Waals surface area contributed by atoms with Crippen LogP contribution in [0.1, 0.15) is 226 Å². The molecular weight excluding hydrogens is 781 g/mol. The molecule has 0 aromatic carbocycles. The Morgan fingerprint density at radius 2 is 0.667 bits per heavy atom. The summed E-state index contributed by atoms with van der Waals surface area (Å²) in [7, 11) is 0. The van der Waals surface area contributed by atoms with Crippen LogP contribution in [0.3, 0.4) is 0 Å². The average Bonchev–Trinajstić information content (AvgIpc) is 3.28. The standard InChI is InChI=1S/C57H94O6/c1-4-7-10-13-16-18-20-22-24-25-26-27-28-29-30-31-33-34-36-38-41-44-47-50-56(59)62-53-54(52-61-55(58)49-46-43-40-15-12-9-6-3)63-57(60)51-48-45-42-39-37-35-32-23-21-19-17-14-11-8-5-2/h8,11,17,19-20,22-23,25-26,28-29,32,37,39,45,48,54H,4-7,9-10,12-16,18,21,24,27,30-31,33-36,38,40-44,46-47,49-53H2,1-3H3/b11-8-,19-17-,22-20-,26-25-,29-28-,32-23-,39-37-,48-45-. The number of carbonyl (C=O) groups is 3. The lowest BCUT2D eigenvalue weighted by atomic mass is 10.1. The van der Waals surface area contributed by atoms with Gasteiger partial charge in [-0.2, -0.15) is 0 Å². The maximum Gasteiger partial charge on any atom is 0.310 e. The lowest BCUT2D eigenvalue weighted by Gasteiger charge is -2.18. The van der Waals surface area contributed by atoms with Crippen LogP contribution >= 0.6 is 0 Å². The molecule has 0 spiro atoms. The number of ether oxygens (including phenoxy) is 3. The van der Waals surface area contributed by atoms with Gasteiger partial charge in [-0.25, -0.2) is 0 Å². The highest BCUT2D eigenvalue weighted by atomic mass is 16.6. The Bertz CT molecular complexity index is 1280. The van der Waals surface area contributed by atoms with Crippen LogP contribution in [-0.2, 0) is 28.6 Å². The molecule has 0 aliphatic heterocycles. The van der Waals surface area contributed by atoms with Gasteiger partial charge < -0.3 is 14.2 Å². The maximum atomic E-state index is 12.7. The first-order valence-electron chi connectivity index (χ1n) is 25.7. The van der Waals surface area contributed by atoms with Crippen molar-refractivity contribution in [2.45, 2.75) is 232 Å². The van der Waals surface area contributed by atoms with Crippen molar-refractivity contribution in [1.82, 2.24) is 0 Å². The Morgan fingerprint density at radius 3 is 1.05 bits per heavy atom. The Labute approximate surface area is 387 Å². The molecule has 0 saturated carbocycles. The quantitative estimate of drug-likeness (QED) is 0.0262. The fraction of sp³-hybridized carbons (Fsp3) is 0.667. The van der Waals surface area contributed by atoms with E-state index >= 15 is 0 Å². The molecule has 0 aromatic heterocycles. The van der Waals surface area contributed by atoms with Crippen molar-refractivity contribution >= 4 is 17.9 Å². The molecule has 0 rings (SSSR count). The van der Waals surface area contributed by atoms with E-state index in [0.717, 1.165) is 89.9 Å². The second kappa shape index (κ2) is 51.0. The molecule has 0 heterocycles. The predicted molar refractivity (Wildman–Crippen MR) is 270 cm³/mol. The van der Waals surface area contributed by atoms with Gasteiger partial charge in [0.1, 0.15) is 13.2 Å². The van der Waals surface area contributed by atoms with Gasteiger partial charge in [-0.15, -0.1) is 0 Å². The smallest absolute Gasteiger partial charge is 0.310 e. The first kappa shape index (κ1) is 59.3. The van der Waals surface area contributed by atoms with Crippen LogP contribution < -0.4 is 0 Å². The van der Waals surface area contributed by atoms with E-state index in [2.05, 4.69) is 106 Å². The maximum absolute atomic E-state index is 12.7. The van der Waals surface area contributed by atoms with Crippen LogP contribution in [0.4, 0.5) is 0 Å². The van der Waals surface area contributed by atoms with Crippen molar-refractivity contribution in [3.63, 3.8) is 0 Å². The van der Waals surface area contributed by atoms with E-state index in [1.807, 2.05) is 6.08 Å². The van der Waals surface area contributed by atoms with Gasteiger partial charge in [0.15, 0.2) is 6.10 Å². The van der Waals surface area contributed by atoms with E-state index in [1.165, 1.54) is 96.3 Å². The lowest BCUT2D eigenvalue weighted by Crippen LogP contribution is -2.30. The monoisotopic (exact) mass is 875 g/mol. The summed E-state index contributed by atoms with van der Waals surface area (Å²) < 4.78 is 16.6. The molecule has 63 heavy (non-hydrogen) atoms. The number of hydrogen-bond donors (Lipinski definition) is 0. The Hall–Kier alpha value is -3.67. The van der Waals surface area contributed by atoms with Crippen LogP contribution in [0.2, 0.25) is 0 Å². The minimum absolute atomic E-state index is 0.0939. The van der Waals surface area contributed by atoms with Crippen LogP contribution in [0.5, 0.6) is 0 Å². The van der Waals surface area contributed by atoms with Crippen molar-refractivity contribution in [2.24, 2.45) is 0 Å². The summed E-state index contributed by atoms with van der Waals surface area (Å²) in [5, 5.41) is 0. The topological polar surface area (TPSA) is 78.9 Å².